The number of benzene rings is 2. The number of anilines is 2. The van der Waals surface area contributed by atoms with Crippen LogP contribution in [0.3, 0.4) is 0 Å². The van der Waals surface area contributed by atoms with Crippen LogP contribution in [-0.2, 0) is 16.6 Å². The molecular weight excluding hydrogens is 418 g/mol. The van der Waals surface area contributed by atoms with Crippen molar-refractivity contribution in [1.82, 2.24) is 0 Å². The van der Waals surface area contributed by atoms with Crippen molar-refractivity contribution in [2.45, 2.75) is 6.54 Å². The van der Waals surface area contributed by atoms with Crippen molar-refractivity contribution in [3.8, 4) is 0 Å². The number of hydrogen-bond acceptors (Lipinski definition) is 5. The van der Waals surface area contributed by atoms with E-state index in [2.05, 4.69) is 5.32 Å². The molecule has 0 atom stereocenters. The molecule has 1 aliphatic rings. The number of nitrogens with one attached hydrogen (secondary N) is 1. The number of sulfonamides is 1. The van der Waals surface area contributed by atoms with Crippen LogP contribution in [0.1, 0.15) is 15.2 Å². The number of nitrogens with zero attached hydrogens (tertiary/aromatic N) is 1. The molecule has 1 N–H and O–H groups in total. The summed E-state index contributed by atoms with van der Waals surface area (Å²) in [6, 6.07) is 13.4. The second kappa shape index (κ2) is 7.41. The van der Waals surface area contributed by atoms with Gasteiger partial charge in [-0.3, -0.25) is 9.10 Å². The smallest absolute Gasteiger partial charge is 0.270 e. The van der Waals surface area contributed by atoms with E-state index in [1.54, 1.807) is 35.7 Å². The van der Waals surface area contributed by atoms with E-state index in [4.69, 9.17) is 0 Å². The van der Waals surface area contributed by atoms with Crippen molar-refractivity contribution in [1.29, 1.82) is 0 Å². The number of allylic oxidation sites excluding steroid dienone is 1. The maximum Gasteiger partial charge on any atom is 0.270 e. The summed E-state index contributed by atoms with van der Waals surface area (Å²) in [7, 11) is -4.19. The number of thiophene rings is 1. The molecule has 9 heteroatoms. The Morgan fingerprint density at radius 1 is 1.07 bits per heavy atom. The quantitative estimate of drug-likeness (QED) is 0.616. The number of fused-ring (bicyclic) bond motifs is 1. The lowest BCUT2D eigenvalue weighted by molar-refractivity contribution is 0.104. The van der Waals surface area contributed by atoms with Crippen LogP contribution < -0.4 is 9.62 Å². The van der Waals surface area contributed by atoms with Gasteiger partial charge in [-0.15, -0.1) is 11.3 Å². The predicted molar refractivity (Wildman–Crippen MR) is 108 cm³/mol. The summed E-state index contributed by atoms with van der Waals surface area (Å²) >= 11 is 1.13. The van der Waals surface area contributed by atoms with Crippen molar-refractivity contribution >= 4 is 38.5 Å². The predicted octanol–water partition coefficient (Wildman–Crippen LogP) is 4.51. The minimum Gasteiger partial charge on any atom is -0.358 e. The molecule has 0 amide bonds. The molecule has 0 bridgehead atoms. The summed E-state index contributed by atoms with van der Waals surface area (Å²) < 4.78 is 54.5. The highest BCUT2D eigenvalue weighted by molar-refractivity contribution is 7.97. The van der Waals surface area contributed by atoms with E-state index in [0.29, 0.717) is 11.8 Å². The molecule has 0 saturated heterocycles. The van der Waals surface area contributed by atoms with Crippen LogP contribution in [0.5, 0.6) is 0 Å². The molecule has 0 fully saturated rings. The maximum atomic E-state index is 13.9. The Balaban J connectivity index is 1.75. The van der Waals surface area contributed by atoms with Crippen LogP contribution in [0.25, 0.3) is 0 Å². The van der Waals surface area contributed by atoms with Gasteiger partial charge in [0.25, 0.3) is 10.0 Å². The van der Waals surface area contributed by atoms with E-state index < -0.39 is 32.3 Å². The van der Waals surface area contributed by atoms with Crippen LogP contribution in [0.15, 0.2) is 71.1 Å². The number of carbonyl (C=O) groups excluding carboxylic acids is 1. The zero-order valence-electron chi connectivity index (χ0n) is 14.8. The first-order valence-electron chi connectivity index (χ1n) is 8.48. The fourth-order valence-electron chi connectivity index (χ4n) is 2.96. The fraction of sp³-hybridized carbons (Fsp3) is 0.0500. The molecule has 29 heavy (non-hydrogen) atoms. The van der Waals surface area contributed by atoms with E-state index in [1.807, 2.05) is 6.07 Å². The van der Waals surface area contributed by atoms with E-state index in [1.165, 1.54) is 0 Å². The number of hydrogen-bond donors (Lipinski definition) is 1. The molecule has 148 valence electrons. The Hall–Kier alpha value is -3.04. The van der Waals surface area contributed by atoms with Crippen molar-refractivity contribution in [2.24, 2.45) is 0 Å². The first kappa shape index (κ1) is 19.3. The number of rotatable bonds is 4. The summed E-state index contributed by atoms with van der Waals surface area (Å²) in [5.74, 6) is -2.34. The summed E-state index contributed by atoms with van der Waals surface area (Å²) in [5.41, 5.74) is 0.918. The SMILES string of the molecule is O=C1C(=CNc2ccc(F)cc2F)S(=O)(=O)N(Cc2ccccc2)c2ccsc21. The lowest BCUT2D eigenvalue weighted by Gasteiger charge is -2.29. The Kier molecular flexibility index (Phi) is 4.93. The van der Waals surface area contributed by atoms with Gasteiger partial charge in [0.05, 0.1) is 17.9 Å². The summed E-state index contributed by atoms with van der Waals surface area (Å²) in [5, 5.41) is 4.12. The van der Waals surface area contributed by atoms with Gasteiger partial charge >= 0.3 is 0 Å². The topological polar surface area (TPSA) is 66.5 Å². The molecule has 0 spiro atoms. The van der Waals surface area contributed by atoms with E-state index in [0.717, 1.165) is 39.5 Å². The van der Waals surface area contributed by atoms with Gasteiger partial charge < -0.3 is 5.32 Å². The summed E-state index contributed by atoms with van der Waals surface area (Å²) in [6.45, 7) is 0.0441. The number of ketones is 1. The molecule has 2 aromatic carbocycles. The fourth-order valence-corrected chi connectivity index (χ4v) is 5.44. The lowest BCUT2D eigenvalue weighted by Crippen LogP contribution is -2.38. The minimum atomic E-state index is -4.19. The average molecular weight is 432 g/mol. The van der Waals surface area contributed by atoms with Gasteiger partial charge in [-0.1, -0.05) is 30.3 Å². The molecule has 0 aliphatic carbocycles. The van der Waals surface area contributed by atoms with Crippen molar-refractivity contribution in [3.05, 3.63) is 93.2 Å². The molecule has 0 radical (unpaired) electrons. The van der Waals surface area contributed by atoms with Gasteiger partial charge in [0.15, 0.2) is 4.91 Å². The second-order valence-electron chi connectivity index (χ2n) is 6.24. The van der Waals surface area contributed by atoms with E-state index in [9.17, 15) is 22.0 Å². The zero-order chi connectivity index (χ0) is 20.6. The first-order chi connectivity index (χ1) is 13.9. The summed E-state index contributed by atoms with van der Waals surface area (Å²) in [6.07, 6.45) is 0.953. The first-order valence-corrected chi connectivity index (χ1v) is 10.8. The van der Waals surface area contributed by atoms with Crippen LogP contribution >= 0.6 is 11.3 Å². The van der Waals surface area contributed by atoms with Crippen LogP contribution in [0, 0.1) is 11.6 Å². The summed E-state index contributed by atoms with van der Waals surface area (Å²) in [4.78, 5) is 12.6. The lowest BCUT2D eigenvalue weighted by atomic mass is 10.2. The van der Waals surface area contributed by atoms with Crippen molar-refractivity contribution in [2.75, 3.05) is 9.62 Å². The molecular formula is C20H14F2N2O3S2. The molecule has 2 heterocycles. The highest BCUT2D eigenvalue weighted by Crippen LogP contribution is 2.39. The highest BCUT2D eigenvalue weighted by Gasteiger charge is 2.41. The monoisotopic (exact) mass is 432 g/mol. The van der Waals surface area contributed by atoms with Gasteiger partial charge in [0.2, 0.25) is 5.78 Å². The molecule has 0 saturated carbocycles. The molecule has 5 nitrogen and oxygen atoms in total. The molecule has 1 aliphatic heterocycles. The second-order valence-corrected chi connectivity index (χ2v) is 8.99. The van der Waals surface area contributed by atoms with Gasteiger partial charge in [-0.25, -0.2) is 17.2 Å². The Morgan fingerprint density at radius 3 is 2.55 bits per heavy atom. The maximum absolute atomic E-state index is 13.9. The molecule has 0 unspecified atom stereocenters. The largest absolute Gasteiger partial charge is 0.358 e. The van der Waals surface area contributed by atoms with Crippen molar-refractivity contribution < 1.29 is 22.0 Å². The van der Waals surface area contributed by atoms with Crippen LogP contribution in [0.4, 0.5) is 20.2 Å². The third kappa shape index (κ3) is 3.54. The molecule has 4 rings (SSSR count). The van der Waals surface area contributed by atoms with Gasteiger partial charge in [-0.05, 0) is 29.1 Å². The van der Waals surface area contributed by atoms with Gasteiger partial charge in [-0.2, -0.15) is 0 Å². The van der Waals surface area contributed by atoms with Crippen LogP contribution in [0.2, 0.25) is 0 Å². The van der Waals surface area contributed by atoms with E-state index in [-0.39, 0.29) is 17.1 Å². The van der Waals surface area contributed by atoms with Gasteiger partial charge in [0, 0.05) is 12.3 Å². The van der Waals surface area contributed by atoms with Gasteiger partial charge in [0.1, 0.15) is 16.5 Å². The molecule has 1 aromatic heterocycles. The Bertz CT molecular complexity index is 1220. The Morgan fingerprint density at radius 2 is 1.83 bits per heavy atom. The average Bonchev–Trinajstić information content (AvgIpc) is 3.17. The third-order valence-corrected chi connectivity index (χ3v) is 7.04. The third-order valence-electron chi connectivity index (χ3n) is 4.37. The standard InChI is InChI=1S/C20H14F2N2O3S2/c21-14-6-7-16(15(22)10-14)23-11-18-19(25)20-17(8-9-28-20)24(29(18,26)27)12-13-4-2-1-3-5-13/h1-11,23H,12H2. The normalized spacial score (nSPS) is 16.7. The van der Waals surface area contributed by atoms with Crippen molar-refractivity contribution in [3.63, 3.8) is 0 Å². The van der Waals surface area contributed by atoms with E-state index >= 15 is 0 Å². The minimum absolute atomic E-state index is 0.0441. The van der Waals surface area contributed by atoms with Crippen LogP contribution in [-0.4, -0.2) is 14.2 Å². The number of Topliss-reactive ketones (excluding diaryl/α,β-unsaturated/α-hetero) is 1. The highest BCUT2D eigenvalue weighted by atomic mass is 32.2. The zero-order valence-corrected chi connectivity index (χ0v) is 16.4. The number of carbonyl (C=O) groups is 1. The number of halogens is 2. The Labute approximate surface area is 170 Å². The molecule has 3 aromatic rings.